The summed E-state index contributed by atoms with van der Waals surface area (Å²) in [5.41, 5.74) is 11.6. The molecule has 9 aromatic rings. The van der Waals surface area contributed by atoms with E-state index in [0.29, 0.717) is 0 Å². The lowest BCUT2D eigenvalue weighted by Crippen LogP contribution is -2.14. The standard InChI is InChI=1S/C45H31N/c1-45(2)41-20-9-7-18-36(41)39-27-44-40(26-42(39)45)37-19-8-10-21-43(37)46(44)30-13-11-12-28(24-30)29-22-23-35-33-16-4-3-14-31(33)32-15-5-6-17-34(32)38(35)25-29/h3-27H,1-2H3. The number of rotatable bonds is 2. The minimum atomic E-state index is -0.0329. The van der Waals surface area contributed by atoms with Crippen LogP contribution in [0.1, 0.15) is 25.0 Å². The number of para-hydroxylation sites is 1. The molecule has 0 spiro atoms. The van der Waals surface area contributed by atoms with Gasteiger partial charge in [0.1, 0.15) is 0 Å². The largest absolute Gasteiger partial charge is 0.309 e. The van der Waals surface area contributed by atoms with Crippen LogP contribution < -0.4 is 0 Å². The fourth-order valence-electron chi connectivity index (χ4n) is 8.35. The molecule has 0 amide bonds. The highest BCUT2D eigenvalue weighted by Crippen LogP contribution is 2.51. The molecule has 0 fully saturated rings. The van der Waals surface area contributed by atoms with E-state index in [1.165, 1.54) is 93.2 Å². The highest BCUT2D eigenvalue weighted by Gasteiger charge is 2.36. The van der Waals surface area contributed by atoms with Gasteiger partial charge in [0, 0.05) is 21.9 Å². The van der Waals surface area contributed by atoms with Gasteiger partial charge in [-0.1, -0.05) is 129 Å². The third-order valence-corrected chi connectivity index (χ3v) is 10.6. The summed E-state index contributed by atoms with van der Waals surface area (Å²) < 4.78 is 2.46. The zero-order chi connectivity index (χ0) is 30.6. The van der Waals surface area contributed by atoms with E-state index in [0.717, 1.165) is 0 Å². The fraction of sp³-hybridized carbons (Fsp3) is 0.0667. The highest BCUT2D eigenvalue weighted by molar-refractivity contribution is 6.25. The van der Waals surface area contributed by atoms with Gasteiger partial charge in [0.15, 0.2) is 0 Å². The molecule has 10 rings (SSSR count). The van der Waals surface area contributed by atoms with Gasteiger partial charge >= 0.3 is 0 Å². The minimum absolute atomic E-state index is 0.0329. The van der Waals surface area contributed by atoms with Crippen LogP contribution in [0.25, 0.3) is 82.1 Å². The Balaban J connectivity index is 1.21. The van der Waals surface area contributed by atoms with Crippen molar-refractivity contribution in [2.75, 3.05) is 0 Å². The first-order chi connectivity index (χ1) is 22.6. The molecule has 8 aromatic carbocycles. The molecule has 46 heavy (non-hydrogen) atoms. The van der Waals surface area contributed by atoms with Gasteiger partial charge in [-0.25, -0.2) is 0 Å². The molecule has 216 valence electrons. The van der Waals surface area contributed by atoms with Crippen LogP contribution in [0, 0.1) is 0 Å². The van der Waals surface area contributed by atoms with Crippen LogP contribution in [0.4, 0.5) is 0 Å². The molecule has 0 radical (unpaired) electrons. The number of hydrogen-bond donors (Lipinski definition) is 0. The van der Waals surface area contributed by atoms with Crippen molar-refractivity contribution in [1.29, 1.82) is 0 Å². The van der Waals surface area contributed by atoms with Crippen LogP contribution in [0.15, 0.2) is 152 Å². The topological polar surface area (TPSA) is 4.93 Å². The third kappa shape index (κ3) is 3.40. The summed E-state index contributed by atoms with van der Waals surface area (Å²) in [5.74, 6) is 0. The zero-order valence-electron chi connectivity index (χ0n) is 25.9. The summed E-state index contributed by atoms with van der Waals surface area (Å²) in [6.45, 7) is 4.73. The maximum absolute atomic E-state index is 2.46. The van der Waals surface area contributed by atoms with E-state index in [2.05, 4.69) is 170 Å². The SMILES string of the molecule is CC1(C)c2ccccc2-c2cc3c(cc21)c1ccccc1n3-c1cccc(-c2ccc3c4ccccc4c4ccccc4c3c2)c1. The van der Waals surface area contributed by atoms with Gasteiger partial charge in [0.05, 0.1) is 11.0 Å². The van der Waals surface area contributed by atoms with Crippen molar-refractivity contribution >= 4 is 54.1 Å². The van der Waals surface area contributed by atoms with Crippen molar-refractivity contribution in [3.8, 4) is 27.9 Å². The van der Waals surface area contributed by atoms with Crippen molar-refractivity contribution in [2.24, 2.45) is 0 Å². The zero-order valence-corrected chi connectivity index (χ0v) is 25.9. The van der Waals surface area contributed by atoms with E-state index in [9.17, 15) is 0 Å². The Morgan fingerprint density at radius 2 is 0.978 bits per heavy atom. The van der Waals surface area contributed by atoms with Gasteiger partial charge in [-0.2, -0.15) is 0 Å². The summed E-state index contributed by atoms with van der Waals surface area (Å²) >= 11 is 0. The van der Waals surface area contributed by atoms with Crippen LogP contribution in [-0.2, 0) is 5.41 Å². The van der Waals surface area contributed by atoms with Crippen molar-refractivity contribution in [3.05, 3.63) is 163 Å². The smallest absolute Gasteiger partial charge is 0.0547 e. The molecule has 1 aliphatic carbocycles. The summed E-state index contributed by atoms with van der Waals surface area (Å²) in [4.78, 5) is 0. The van der Waals surface area contributed by atoms with Crippen molar-refractivity contribution in [3.63, 3.8) is 0 Å². The maximum Gasteiger partial charge on any atom is 0.0547 e. The fourth-order valence-corrected chi connectivity index (χ4v) is 8.35. The lowest BCUT2D eigenvalue weighted by atomic mass is 9.82. The maximum atomic E-state index is 2.46. The van der Waals surface area contributed by atoms with Crippen LogP contribution in [0.3, 0.4) is 0 Å². The third-order valence-electron chi connectivity index (χ3n) is 10.6. The average Bonchev–Trinajstić information content (AvgIpc) is 3.55. The first-order valence-corrected chi connectivity index (χ1v) is 16.2. The second-order valence-electron chi connectivity index (χ2n) is 13.3. The molecule has 1 heteroatoms. The first-order valence-electron chi connectivity index (χ1n) is 16.2. The lowest BCUT2D eigenvalue weighted by Gasteiger charge is -2.21. The van der Waals surface area contributed by atoms with Crippen molar-refractivity contribution in [1.82, 2.24) is 4.57 Å². The molecular formula is C45H31N. The molecule has 0 unspecified atom stereocenters. The quantitative estimate of drug-likeness (QED) is 0.178. The van der Waals surface area contributed by atoms with E-state index in [4.69, 9.17) is 0 Å². The van der Waals surface area contributed by atoms with Gasteiger partial charge in [-0.05, 0) is 102 Å². The lowest BCUT2D eigenvalue weighted by molar-refractivity contribution is 0.661. The number of hydrogen-bond acceptors (Lipinski definition) is 0. The van der Waals surface area contributed by atoms with Crippen LogP contribution >= 0.6 is 0 Å². The molecule has 1 aliphatic rings. The van der Waals surface area contributed by atoms with Crippen molar-refractivity contribution in [2.45, 2.75) is 19.3 Å². The van der Waals surface area contributed by atoms with E-state index in [-0.39, 0.29) is 5.41 Å². The van der Waals surface area contributed by atoms with E-state index >= 15 is 0 Å². The minimum Gasteiger partial charge on any atom is -0.309 e. The van der Waals surface area contributed by atoms with Gasteiger partial charge in [0.2, 0.25) is 0 Å². The molecule has 0 atom stereocenters. The van der Waals surface area contributed by atoms with Crippen LogP contribution in [-0.4, -0.2) is 4.57 Å². The Labute approximate surface area is 268 Å². The number of benzene rings is 8. The van der Waals surface area contributed by atoms with Crippen LogP contribution in [0.2, 0.25) is 0 Å². The molecule has 0 saturated carbocycles. The predicted octanol–water partition coefficient (Wildman–Crippen LogP) is 12.2. The van der Waals surface area contributed by atoms with Gasteiger partial charge in [-0.3, -0.25) is 0 Å². The Bertz CT molecular complexity index is 2690. The predicted molar refractivity (Wildman–Crippen MR) is 196 cm³/mol. The second kappa shape index (κ2) is 9.19. The number of fused-ring (bicyclic) bond motifs is 12. The highest BCUT2D eigenvalue weighted by atomic mass is 15.0. The summed E-state index contributed by atoms with van der Waals surface area (Å²) in [7, 11) is 0. The van der Waals surface area contributed by atoms with Crippen LogP contribution in [0.5, 0.6) is 0 Å². The van der Waals surface area contributed by atoms with E-state index in [1.807, 2.05) is 0 Å². The molecule has 1 aromatic heterocycles. The Hall–Kier alpha value is -5.66. The normalized spacial score (nSPS) is 13.6. The van der Waals surface area contributed by atoms with Gasteiger partial charge in [0.25, 0.3) is 0 Å². The number of nitrogens with zero attached hydrogens (tertiary/aromatic N) is 1. The molecule has 0 bridgehead atoms. The van der Waals surface area contributed by atoms with E-state index < -0.39 is 0 Å². The Morgan fingerprint density at radius 3 is 1.74 bits per heavy atom. The van der Waals surface area contributed by atoms with Gasteiger partial charge in [-0.15, -0.1) is 0 Å². The molecule has 1 nitrogen and oxygen atoms in total. The summed E-state index contributed by atoms with van der Waals surface area (Å²) in [5, 5.41) is 10.4. The van der Waals surface area contributed by atoms with Gasteiger partial charge < -0.3 is 4.57 Å². The van der Waals surface area contributed by atoms with E-state index in [1.54, 1.807) is 0 Å². The number of aromatic nitrogens is 1. The Kier molecular flexibility index (Phi) is 5.12. The monoisotopic (exact) mass is 585 g/mol. The molecular weight excluding hydrogens is 555 g/mol. The Morgan fingerprint density at radius 1 is 0.370 bits per heavy atom. The molecule has 0 aliphatic heterocycles. The van der Waals surface area contributed by atoms with Crippen molar-refractivity contribution < 1.29 is 0 Å². The molecule has 1 heterocycles. The molecule has 0 N–H and O–H groups in total. The summed E-state index contributed by atoms with van der Waals surface area (Å²) in [6, 6.07) is 56.4. The summed E-state index contributed by atoms with van der Waals surface area (Å²) in [6.07, 6.45) is 0. The average molecular weight is 586 g/mol. The second-order valence-corrected chi connectivity index (χ2v) is 13.3. The first kappa shape index (κ1) is 25.6. The molecule has 0 saturated heterocycles.